The highest BCUT2D eigenvalue weighted by atomic mass is 32.2. The molecule has 8 heteroatoms. The Bertz CT molecular complexity index is 755. The third kappa shape index (κ3) is 3.95. The van der Waals surface area contributed by atoms with Gasteiger partial charge in [-0.1, -0.05) is 30.0 Å². The molecular weight excluding hydrogens is 322 g/mol. The van der Waals surface area contributed by atoms with Gasteiger partial charge >= 0.3 is 0 Å². The van der Waals surface area contributed by atoms with E-state index < -0.39 is 9.84 Å². The lowest BCUT2D eigenvalue weighted by molar-refractivity contribution is -0.114. The highest BCUT2D eigenvalue weighted by Gasteiger charge is 2.21. The van der Waals surface area contributed by atoms with Gasteiger partial charge in [0.15, 0.2) is 15.0 Å². The molecule has 2 aromatic rings. The van der Waals surface area contributed by atoms with Crippen molar-refractivity contribution in [1.29, 1.82) is 0 Å². The molecule has 1 heterocycles. The maximum Gasteiger partial charge on any atom is 0.191 e. The van der Waals surface area contributed by atoms with Crippen molar-refractivity contribution in [3.8, 4) is 0 Å². The third-order valence-electron chi connectivity index (χ3n) is 2.94. The van der Waals surface area contributed by atoms with Gasteiger partial charge in [-0.3, -0.25) is 4.79 Å². The van der Waals surface area contributed by atoms with Crippen molar-refractivity contribution in [3.63, 3.8) is 0 Å². The Kier molecular flexibility index (Phi) is 5.36. The number of carbonyl (C=O) groups is 1. The normalized spacial score (nSPS) is 11.5. The minimum atomic E-state index is -3.46. The Morgan fingerprint density at radius 3 is 2.50 bits per heavy atom. The smallest absolute Gasteiger partial charge is 0.191 e. The van der Waals surface area contributed by atoms with Crippen LogP contribution in [0.2, 0.25) is 0 Å². The first kappa shape index (κ1) is 16.7. The van der Waals surface area contributed by atoms with Crippen LogP contribution in [-0.4, -0.2) is 34.7 Å². The summed E-state index contributed by atoms with van der Waals surface area (Å²) in [6.07, 6.45) is 0. The Balaban J connectivity index is 2.25. The standard InChI is InChI=1S/C14H17N3O3S2/c1-3-17-13(15-16-14(17)21-9-11(2)18)10-22(19,20)12-7-5-4-6-8-12/h4-8H,3,9-10H2,1-2H3. The molecule has 0 amide bonds. The zero-order chi connectivity index (χ0) is 16.2. The lowest BCUT2D eigenvalue weighted by atomic mass is 10.4. The van der Waals surface area contributed by atoms with Crippen LogP contribution < -0.4 is 0 Å². The molecule has 1 aromatic carbocycles. The minimum Gasteiger partial charge on any atom is -0.305 e. The molecule has 1 aromatic heterocycles. The fraction of sp³-hybridized carbons (Fsp3) is 0.357. The molecule has 0 fully saturated rings. The second kappa shape index (κ2) is 7.06. The van der Waals surface area contributed by atoms with Crippen LogP contribution >= 0.6 is 11.8 Å². The molecule has 22 heavy (non-hydrogen) atoms. The Morgan fingerprint density at radius 2 is 1.91 bits per heavy atom. The lowest BCUT2D eigenvalue weighted by Gasteiger charge is -2.07. The van der Waals surface area contributed by atoms with Crippen molar-refractivity contribution in [2.24, 2.45) is 0 Å². The van der Waals surface area contributed by atoms with Crippen LogP contribution in [0.25, 0.3) is 0 Å². The van der Waals surface area contributed by atoms with Crippen LogP contribution in [-0.2, 0) is 26.9 Å². The van der Waals surface area contributed by atoms with E-state index in [0.29, 0.717) is 23.3 Å². The van der Waals surface area contributed by atoms with E-state index in [9.17, 15) is 13.2 Å². The van der Waals surface area contributed by atoms with E-state index in [-0.39, 0.29) is 16.4 Å². The zero-order valence-electron chi connectivity index (χ0n) is 12.4. The quantitative estimate of drug-likeness (QED) is 0.717. The molecule has 0 bridgehead atoms. The fourth-order valence-electron chi connectivity index (χ4n) is 1.90. The first-order valence-corrected chi connectivity index (χ1v) is 9.40. The van der Waals surface area contributed by atoms with E-state index >= 15 is 0 Å². The summed E-state index contributed by atoms with van der Waals surface area (Å²) in [6.45, 7) is 3.94. The summed E-state index contributed by atoms with van der Waals surface area (Å²) in [5, 5.41) is 8.54. The van der Waals surface area contributed by atoms with E-state index in [0.717, 1.165) is 0 Å². The number of carbonyl (C=O) groups excluding carboxylic acids is 1. The molecule has 0 atom stereocenters. The highest BCUT2D eigenvalue weighted by molar-refractivity contribution is 7.99. The monoisotopic (exact) mass is 339 g/mol. The van der Waals surface area contributed by atoms with Crippen LogP contribution in [0.4, 0.5) is 0 Å². The Hall–Kier alpha value is -1.67. The van der Waals surface area contributed by atoms with Gasteiger partial charge in [0.05, 0.1) is 10.6 Å². The topological polar surface area (TPSA) is 81.9 Å². The largest absolute Gasteiger partial charge is 0.305 e. The molecule has 6 nitrogen and oxygen atoms in total. The molecule has 0 spiro atoms. The summed E-state index contributed by atoms with van der Waals surface area (Å²) in [4.78, 5) is 11.3. The maximum absolute atomic E-state index is 12.4. The lowest BCUT2D eigenvalue weighted by Crippen LogP contribution is -2.11. The first-order chi connectivity index (χ1) is 10.4. The van der Waals surface area contributed by atoms with Gasteiger partial charge in [0.2, 0.25) is 0 Å². The van der Waals surface area contributed by atoms with Crippen molar-refractivity contribution < 1.29 is 13.2 Å². The van der Waals surface area contributed by atoms with Crippen LogP contribution in [0.15, 0.2) is 40.4 Å². The molecule has 0 saturated heterocycles. The molecule has 0 aliphatic heterocycles. The summed E-state index contributed by atoms with van der Waals surface area (Å²) in [5.41, 5.74) is 0. The van der Waals surface area contributed by atoms with Gasteiger partial charge in [-0.05, 0) is 26.0 Å². The maximum atomic E-state index is 12.4. The predicted octanol–water partition coefficient (Wildman–Crippen LogP) is 1.95. The molecule has 0 unspecified atom stereocenters. The van der Waals surface area contributed by atoms with Crippen LogP contribution in [0.5, 0.6) is 0 Å². The van der Waals surface area contributed by atoms with Crippen molar-refractivity contribution in [2.45, 2.75) is 36.2 Å². The molecular formula is C14H17N3O3S2. The van der Waals surface area contributed by atoms with Gasteiger partial charge in [0, 0.05) is 6.54 Å². The van der Waals surface area contributed by atoms with E-state index in [1.165, 1.54) is 18.7 Å². The SMILES string of the molecule is CCn1c(CS(=O)(=O)c2ccccc2)nnc1SCC(C)=O. The molecule has 118 valence electrons. The number of Topliss-reactive ketones (excluding diaryl/α,β-unsaturated/α-hetero) is 1. The summed E-state index contributed by atoms with van der Waals surface area (Å²) in [6, 6.07) is 8.27. The van der Waals surface area contributed by atoms with Crippen molar-refractivity contribution in [1.82, 2.24) is 14.8 Å². The third-order valence-corrected chi connectivity index (χ3v) is 5.68. The summed E-state index contributed by atoms with van der Waals surface area (Å²) < 4.78 is 26.5. The zero-order valence-corrected chi connectivity index (χ0v) is 14.0. The van der Waals surface area contributed by atoms with Crippen molar-refractivity contribution in [2.75, 3.05) is 5.75 Å². The van der Waals surface area contributed by atoms with Gasteiger partial charge in [0.1, 0.15) is 17.4 Å². The van der Waals surface area contributed by atoms with E-state index in [1.54, 1.807) is 34.9 Å². The average Bonchev–Trinajstić information content (AvgIpc) is 2.87. The number of ketones is 1. The number of rotatable bonds is 7. The summed E-state index contributed by atoms with van der Waals surface area (Å²) in [7, 11) is -3.46. The number of thioether (sulfide) groups is 1. The van der Waals surface area contributed by atoms with E-state index in [1.807, 2.05) is 6.92 Å². The number of benzene rings is 1. The Morgan fingerprint density at radius 1 is 1.23 bits per heavy atom. The van der Waals surface area contributed by atoms with Crippen LogP contribution in [0, 0.1) is 0 Å². The van der Waals surface area contributed by atoms with Gasteiger partial charge in [-0.2, -0.15) is 0 Å². The van der Waals surface area contributed by atoms with Gasteiger partial charge in [-0.25, -0.2) is 8.42 Å². The second-order valence-corrected chi connectivity index (χ2v) is 7.64. The number of sulfone groups is 1. The number of hydrogen-bond donors (Lipinski definition) is 0. The molecule has 0 saturated carbocycles. The molecule has 2 rings (SSSR count). The highest BCUT2D eigenvalue weighted by Crippen LogP contribution is 2.20. The van der Waals surface area contributed by atoms with Gasteiger partial charge in [0.25, 0.3) is 0 Å². The van der Waals surface area contributed by atoms with Gasteiger partial charge < -0.3 is 4.57 Å². The fourth-order valence-corrected chi connectivity index (χ4v) is 4.01. The van der Waals surface area contributed by atoms with Crippen LogP contribution in [0.3, 0.4) is 0 Å². The number of aromatic nitrogens is 3. The van der Waals surface area contributed by atoms with E-state index in [2.05, 4.69) is 10.2 Å². The summed E-state index contributed by atoms with van der Waals surface area (Å²) in [5.74, 6) is 0.508. The molecule has 0 aliphatic carbocycles. The average molecular weight is 339 g/mol. The second-order valence-electron chi connectivity index (χ2n) is 4.71. The number of hydrogen-bond acceptors (Lipinski definition) is 6. The Labute approximate surface area is 133 Å². The predicted molar refractivity (Wildman–Crippen MR) is 84.4 cm³/mol. The van der Waals surface area contributed by atoms with Gasteiger partial charge in [-0.15, -0.1) is 10.2 Å². The molecule has 0 N–H and O–H groups in total. The van der Waals surface area contributed by atoms with Crippen molar-refractivity contribution in [3.05, 3.63) is 36.2 Å². The van der Waals surface area contributed by atoms with E-state index in [4.69, 9.17) is 0 Å². The minimum absolute atomic E-state index is 0.0362. The molecule has 0 aliphatic rings. The van der Waals surface area contributed by atoms with Crippen LogP contribution in [0.1, 0.15) is 19.7 Å². The number of nitrogens with zero attached hydrogens (tertiary/aromatic N) is 3. The van der Waals surface area contributed by atoms with Crippen molar-refractivity contribution >= 4 is 27.4 Å². The molecule has 0 radical (unpaired) electrons. The summed E-state index contributed by atoms with van der Waals surface area (Å²) >= 11 is 1.27. The first-order valence-electron chi connectivity index (χ1n) is 6.76.